The molecule has 0 aromatic rings. The van der Waals surface area contributed by atoms with Crippen LogP contribution in [-0.4, -0.2) is 85.3 Å². The van der Waals surface area contributed by atoms with Gasteiger partial charge in [-0.25, -0.2) is 0 Å². The predicted octanol–water partition coefficient (Wildman–Crippen LogP) is -13.0. The Hall–Kier alpha value is 1.89. The Bertz CT molecular complexity index is 53.8. The second kappa shape index (κ2) is 29.7. The average Bonchev–Trinajstić information content (AvgIpc) is 1.54. The zero-order chi connectivity index (χ0) is 10.7. The van der Waals surface area contributed by atoms with Crippen LogP contribution in [0, 0.1) is 0 Å². The molecule has 0 aromatic heterocycles. The first-order chi connectivity index (χ1) is 5.20. The van der Waals surface area contributed by atoms with Crippen molar-refractivity contribution in [3.05, 3.63) is 0 Å². The van der Waals surface area contributed by atoms with E-state index in [0.29, 0.717) is 0 Å². The third-order valence-corrected chi connectivity index (χ3v) is 0. The molecule has 0 amide bonds. The first-order valence-corrected chi connectivity index (χ1v) is 2.12. The number of hydrogen-bond acceptors (Lipinski definition) is 9. The molecule has 0 atom stereocenters. The molecule has 2 radical (unpaired) electrons. The molecule has 0 aliphatic carbocycles. The van der Waals surface area contributed by atoms with Crippen LogP contribution in [0.1, 0.15) is 0 Å². The van der Waals surface area contributed by atoms with Gasteiger partial charge in [0.25, 0.3) is 0 Å². The van der Waals surface area contributed by atoms with E-state index in [9.17, 15) is 0 Å². The summed E-state index contributed by atoms with van der Waals surface area (Å²) in [6, 6.07) is 0. The first kappa shape index (κ1) is 36.0. The maximum Gasteiger partial charge on any atom is 3.00 e. The Morgan fingerprint density at radius 3 is 0.467 bits per heavy atom. The van der Waals surface area contributed by atoms with E-state index in [1.807, 2.05) is 0 Å². The SMILES string of the molecule is [Al+3].[Bi+3].[Ga+3].[O-]B([O-])[O-].[O-]B([O-])[O-].[O-]B([O-])[O-]. The Morgan fingerprint density at radius 1 is 0.467 bits per heavy atom. The van der Waals surface area contributed by atoms with Gasteiger partial charge in [-0.1, -0.05) is 0 Å². The first-order valence-electron chi connectivity index (χ1n) is 2.12. The minimum Gasteiger partial charge on any atom is -0.907 e. The van der Waals surface area contributed by atoms with Crippen LogP contribution >= 0.6 is 0 Å². The molecule has 0 N–H and O–H groups in total. The zero-order valence-corrected chi connectivity index (χ0v) is 14.1. The molecule has 0 unspecified atom stereocenters. The molecule has 0 aromatic carbocycles. The fourth-order valence-corrected chi connectivity index (χ4v) is 0. The van der Waals surface area contributed by atoms with Gasteiger partial charge in [0.15, 0.2) is 0 Å². The van der Waals surface area contributed by atoms with E-state index < -0.39 is 22.0 Å². The monoisotopic (exact) mass is 482 g/mol. The Balaban J connectivity index is -0.0000000184. The van der Waals surface area contributed by atoms with E-state index in [1.165, 1.54) is 0 Å². The van der Waals surface area contributed by atoms with E-state index >= 15 is 0 Å². The molecule has 0 saturated heterocycles. The minimum absolute atomic E-state index is 0. The van der Waals surface area contributed by atoms with E-state index in [1.54, 1.807) is 0 Å². The van der Waals surface area contributed by atoms with Crippen molar-refractivity contribution in [3.63, 3.8) is 0 Å². The largest absolute Gasteiger partial charge is 3.00 e. The van der Waals surface area contributed by atoms with Crippen LogP contribution in [0.25, 0.3) is 0 Å². The van der Waals surface area contributed by atoms with Crippen molar-refractivity contribution >= 4 is 85.3 Å². The quantitative estimate of drug-likeness (QED) is 0.300. The van der Waals surface area contributed by atoms with Crippen molar-refractivity contribution < 1.29 is 45.2 Å². The molecule has 0 heterocycles. The molecule has 0 saturated carbocycles. The Morgan fingerprint density at radius 2 is 0.467 bits per heavy atom. The van der Waals surface area contributed by atoms with E-state index in [-0.39, 0.29) is 63.4 Å². The Kier molecular flexibility index (Phi) is 71.2. The van der Waals surface area contributed by atoms with Gasteiger partial charge < -0.3 is 45.2 Å². The molecular formula is AlB3BiGaO9. The van der Waals surface area contributed by atoms with Crippen LogP contribution in [0.3, 0.4) is 0 Å². The van der Waals surface area contributed by atoms with Crippen LogP contribution in [0.4, 0.5) is 0 Å². The number of hydrogen-bond donors (Lipinski definition) is 0. The van der Waals surface area contributed by atoms with Crippen LogP contribution < -0.4 is 45.2 Å². The third-order valence-electron chi connectivity index (χ3n) is 0. The second-order valence-corrected chi connectivity index (χ2v) is 0.866. The van der Waals surface area contributed by atoms with Crippen LogP contribution in [-0.2, 0) is 0 Å². The van der Waals surface area contributed by atoms with Gasteiger partial charge in [-0.15, -0.1) is 0 Å². The standard InChI is InChI=1S/Al.3BO3.Bi.Ga/c;3*2-1(3)4;;/q+3;3*-3;2*+3. The second-order valence-electron chi connectivity index (χ2n) is 0.866. The van der Waals surface area contributed by atoms with Crippen molar-refractivity contribution in [3.8, 4) is 0 Å². The summed E-state index contributed by atoms with van der Waals surface area (Å²) < 4.78 is 0. The molecule has 0 fully saturated rings. The molecule has 0 aliphatic heterocycles. The van der Waals surface area contributed by atoms with Crippen molar-refractivity contribution in [1.29, 1.82) is 0 Å². The van der Waals surface area contributed by atoms with Crippen LogP contribution in [0.2, 0.25) is 0 Å². The maximum absolute atomic E-state index is 8.42. The maximum atomic E-state index is 8.42. The van der Waals surface area contributed by atoms with Gasteiger partial charge in [0.05, 0.1) is 0 Å². The van der Waals surface area contributed by atoms with Crippen molar-refractivity contribution in [1.82, 2.24) is 0 Å². The van der Waals surface area contributed by atoms with Crippen molar-refractivity contribution in [2.75, 3.05) is 0 Å². The summed E-state index contributed by atoms with van der Waals surface area (Å²) in [4.78, 5) is 0. The van der Waals surface area contributed by atoms with Gasteiger partial charge in [0.2, 0.25) is 0 Å². The smallest absolute Gasteiger partial charge is 0.907 e. The summed E-state index contributed by atoms with van der Waals surface area (Å²) in [5, 5.41) is 75.8. The molecule has 15 heavy (non-hydrogen) atoms. The van der Waals surface area contributed by atoms with E-state index in [0.717, 1.165) is 0 Å². The van der Waals surface area contributed by atoms with Gasteiger partial charge in [0, 0.05) is 0 Å². The topological polar surface area (TPSA) is 208 Å². The van der Waals surface area contributed by atoms with Gasteiger partial charge in [-0.2, -0.15) is 0 Å². The molecular weight excluding hydrogens is 482 g/mol. The zero-order valence-electron chi connectivity index (χ0n) is 7.01. The average molecular weight is 482 g/mol. The van der Waals surface area contributed by atoms with Gasteiger partial charge in [-0.3, -0.25) is 22.0 Å². The van der Waals surface area contributed by atoms with Gasteiger partial charge in [0.1, 0.15) is 0 Å². The fraction of sp³-hybridized carbons (Fsp3) is 0. The van der Waals surface area contributed by atoms with E-state index in [4.69, 9.17) is 45.2 Å². The summed E-state index contributed by atoms with van der Waals surface area (Å²) in [6.07, 6.45) is 0. The summed E-state index contributed by atoms with van der Waals surface area (Å²) in [6.45, 7) is 0. The Labute approximate surface area is 130 Å². The molecule has 0 spiro atoms. The summed E-state index contributed by atoms with van der Waals surface area (Å²) in [7, 11) is -8.75. The minimum atomic E-state index is -2.92. The fourth-order valence-electron chi connectivity index (χ4n) is 0. The van der Waals surface area contributed by atoms with Gasteiger partial charge >= 0.3 is 63.4 Å². The summed E-state index contributed by atoms with van der Waals surface area (Å²) in [5.41, 5.74) is 0. The third kappa shape index (κ3) is 861. The van der Waals surface area contributed by atoms with Crippen LogP contribution in [0.5, 0.6) is 0 Å². The normalized spacial score (nSPS) is 5.40. The molecule has 0 rings (SSSR count). The summed E-state index contributed by atoms with van der Waals surface area (Å²) >= 11 is 0. The summed E-state index contributed by atoms with van der Waals surface area (Å²) in [5.74, 6) is 0. The van der Waals surface area contributed by atoms with Crippen molar-refractivity contribution in [2.45, 2.75) is 0 Å². The number of rotatable bonds is 0. The predicted molar refractivity (Wildman–Crippen MR) is 34.5 cm³/mol. The molecule has 74 valence electrons. The van der Waals surface area contributed by atoms with Crippen LogP contribution in [0.15, 0.2) is 0 Å². The molecule has 0 aliphatic rings. The van der Waals surface area contributed by atoms with E-state index in [2.05, 4.69) is 0 Å². The molecule has 0 bridgehead atoms. The molecule has 15 heteroatoms. The van der Waals surface area contributed by atoms with Crippen molar-refractivity contribution in [2.24, 2.45) is 0 Å². The van der Waals surface area contributed by atoms with Gasteiger partial charge in [-0.05, 0) is 0 Å². The molecule has 9 nitrogen and oxygen atoms in total.